The molecule has 0 bridgehead atoms. The number of amides is 1. The van der Waals surface area contributed by atoms with Crippen LogP contribution in [0.15, 0.2) is 42.6 Å². The second-order valence-corrected chi connectivity index (χ2v) is 8.46. The van der Waals surface area contributed by atoms with Gasteiger partial charge < -0.3 is 9.80 Å². The topological polar surface area (TPSA) is 80.0 Å². The van der Waals surface area contributed by atoms with E-state index in [9.17, 15) is 4.79 Å². The lowest BCUT2D eigenvalue weighted by molar-refractivity contribution is 0.0746. The van der Waals surface area contributed by atoms with Crippen molar-refractivity contribution in [3.05, 3.63) is 58.9 Å². The number of nitrogens with zero attached hydrogens (tertiary/aromatic N) is 7. The van der Waals surface area contributed by atoms with Crippen LogP contribution in [0.3, 0.4) is 0 Å². The largest absolute Gasteiger partial charge is 0.343 e. The predicted molar refractivity (Wildman–Crippen MR) is 116 cm³/mol. The van der Waals surface area contributed by atoms with Crippen molar-refractivity contribution in [3.63, 3.8) is 0 Å². The maximum atomic E-state index is 13.1. The molecule has 0 spiro atoms. The highest BCUT2D eigenvalue weighted by atomic mass is 32.1. The number of hydrogen-bond acceptors (Lipinski definition) is 7. The molecule has 152 valence electrons. The summed E-state index contributed by atoms with van der Waals surface area (Å²) in [6.45, 7) is 6.66. The fourth-order valence-corrected chi connectivity index (χ4v) is 4.45. The van der Waals surface area contributed by atoms with Crippen LogP contribution in [0.25, 0.3) is 16.7 Å². The van der Waals surface area contributed by atoms with Gasteiger partial charge >= 0.3 is 0 Å². The number of hydrogen-bond donors (Lipinski definition) is 0. The molecule has 1 aromatic carbocycles. The summed E-state index contributed by atoms with van der Waals surface area (Å²) in [5.74, 6) is 0.717. The van der Waals surface area contributed by atoms with Gasteiger partial charge in [-0.2, -0.15) is 5.10 Å². The maximum Gasteiger partial charge on any atom is 0.257 e. The molecular weight excluding hydrogens is 398 g/mol. The summed E-state index contributed by atoms with van der Waals surface area (Å²) in [5, 5.41) is 15.7. The van der Waals surface area contributed by atoms with Gasteiger partial charge in [-0.05, 0) is 32.0 Å². The smallest absolute Gasteiger partial charge is 0.257 e. The van der Waals surface area contributed by atoms with Gasteiger partial charge in [-0.3, -0.25) is 4.79 Å². The molecule has 1 saturated heterocycles. The number of piperazine rings is 1. The zero-order valence-electron chi connectivity index (χ0n) is 16.8. The van der Waals surface area contributed by atoms with Crippen LogP contribution >= 0.6 is 11.3 Å². The Morgan fingerprint density at radius 3 is 2.57 bits per heavy atom. The highest BCUT2D eigenvalue weighted by Gasteiger charge is 2.26. The van der Waals surface area contributed by atoms with E-state index in [1.165, 1.54) is 0 Å². The van der Waals surface area contributed by atoms with Gasteiger partial charge in [0, 0.05) is 31.6 Å². The zero-order valence-corrected chi connectivity index (χ0v) is 17.6. The molecule has 3 aromatic heterocycles. The first-order valence-corrected chi connectivity index (χ1v) is 10.7. The molecule has 1 amide bonds. The number of rotatable bonds is 3. The van der Waals surface area contributed by atoms with Crippen molar-refractivity contribution in [2.75, 3.05) is 31.1 Å². The van der Waals surface area contributed by atoms with E-state index < -0.39 is 0 Å². The third-order valence-corrected chi connectivity index (χ3v) is 6.29. The van der Waals surface area contributed by atoms with E-state index >= 15 is 0 Å². The Balaban J connectivity index is 1.34. The molecule has 8 nitrogen and oxygen atoms in total. The molecule has 0 saturated carbocycles. The van der Waals surface area contributed by atoms with Crippen LogP contribution in [0.5, 0.6) is 0 Å². The number of benzene rings is 1. The van der Waals surface area contributed by atoms with Crippen molar-refractivity contribution >= 4 is 33.3 Å². The quantitative estimate of drug-likeness (QED) is 0.508. The molecule has 0 unspecified atom stereocenters. The van der Waals surface area contributed by atoms with Crippen LogP contribution < -0.4 is 4.90 Å². The minimum Gasteiger partial charge on any atom is -0.343 e. The first-order chi connectivity index (χ1) is 14.6. The Morgan fingerprint density at radius 1 is 1.00 bits per heavy atom. The first kappa shape index (κ1) is 18.7. The van der Waals surface area contributed by atoms with Crippen LogP contribution in [0.2, 0.25) is 0 Å². The molecule has 1 aliphatic rings. The van der Waals surface area contributed by atoms with E-state index in [0.29, 0.717) is 24.5 Å². The fraction of sp³-hybridized carbons (Fsp3) is 0.286. The normalized spacial score (nSPS) is 14.5. The molecule has 0 atom stereocenters. The Hall–Kier alpha value is -3.33. The summed E-state index contributed by atoms with van der Waals surface area (Å²) >= 11 is 1.58. The van der Waals surface area contributed by atoms with Crippen molar-refractivity contribution in [2.24, 2.45) is 0 Å². The summed E-state index contributed by atoms with van der Waals surface area (Å²) in [4.78, 5) is 21.9. The van der Waals surface area contributed by atoms with Crippen molar-refractivity contribution in [2.45, 2.75) is 13.8 Å². The fourth-order valence-electron chi connectivity index (χ4n) is 3.71. The molecule has 9 heteroatoms. The zero-order chi connectivity index (χ0) is 20.7. The van der Waals surface area contributed by atoms with Crippen LogP contribution in [-0.4, -0.2) is 61.9 Å². The molecule has 30 heavy (non-hydrogen) atoms. The van der Waals surface area contributed by atoms with Crippen molar-refractivity contribution < 1.29 is 4.79 Å². The molecule has 0 radical (unpaired) electrons. The number of anilines is 1. The minimum atomic E-state index is 0.00707. The number of aromatic nitrogens is 5. The SMILES string of the molecule is Cc1nnc(N2CCN(C(=O)c3cnn(-c4ccc5ccccc5n4)c3C)CC2)s1. The highest BCUT2D eigenvalue weighted by Crippen LogP contribution is 2.22. The van der Waals surface area contributed by atoms with E-state index in [2.05, 4.69) is 20.2 Å². The van der Waals surface area contributed by atoms with E-state index in [0.717, 1.165) is 39.8 Å². The van der Waals surface area contributed by atoms with Crippen LogP contribution in [0.1, 0.15) is 21.1 Å². The monoisotopic (exact) mass is 419 g/mol. The highest BCUT2D eigenvalue weighted by molar-refractivity contribution is 7.15. The van der Waals surface area contributed by atoms with Gasteiger partial charge in [-0.1, -0.05) is 29.5 Å². The minimum absolute atomic E-state index is 0.00707. The van der Waals surface area contributed by atoms with Crippen LogP contribution in [0.4, 0.5) is 5.13 Å². The van der Waals surface area contributed by atoms with E-state index in [1.54, 1.807) is 22.2 Å². The molecule has 0 N–H and O–H groups in total. The van der Waals surface area contributed by atoms with Crippen molar-refractivity contribution in [3.8, 4) is 5.82 Å². The summed E-state index contributed by atoms with van der Waals surface area (Å²) < 4.78 is 1.74. The molecule has 1 aliphatic heterocycles. The summed E-state index contributed by atoms with van der Waals surface area (Å²) in [5.41, 5.74) is 2.32. The number of fused-ring (bicyclic) bond motifs is 1. The Kier molecular flexibility index (Phi) is 4.66. The third-order valence-electron chi connectivity index (χ3n) is 5.39. The summed E-state index contributed by atoms with van der Waals surface area (Å²) in [7, 11) is 0. The van der Waals surface area contributed by atoms with Gasteiger partial charge in [0.2, 0.25) is 5.13 Å². The molecule has 0 aliphatic carbocycles. The first-order valence-electron chi connectivity index (χ1n) is 9.85. The Bertz CT molecular complexity index is 1220. The second kappa shape index (κ2) is 7.49. The Labute approximate surface area is 177 Å². The van der Waals surface area contributed by atoms with Crippen molar-refractivity contribution in [1.29, 1.82) is 0 Å². The van der Waals surface area contributed by atoms with Crippen molar-refractivity contribution in [1.82, 2.24) is 29.9 Å². The van der Waals surface area contributed by atoms with E-state index in [1.807, 2.05) is 55.1 Å². The number of pyridine rings is 1. The Morgan fingerprint density at radius 2 is 1.80 bits per heavy atom. The van der Waals surface area contributed by atoms with Gasteiger partial charge in [0.05, 0.1) is 23.0 Å². The maximum absolute atomic E-state index is 13.1. The molecule has 5 rings (SSSR count). The standard InChI is InChI=1S/C21H21N7OS/c1-14-17(13-22-28(14)19-8-7-16-5-3-4-6-18(16)23-19)20(29)26-9-11-27(12-10-26)21-25-24-15(2)30-21/h3-8,13H,9-12H2,1-2H3. The predicted octanol–water partition coefficient (Wildman–Crippen LogP) is 2.85. The van der Waals surface area contributed by atoms with Crippen LogP contribution in [-0.2, 0) is 0 Å². The molecular formula is C21H21N7OS. The van der Waals surface area contributed by atoms with E-state index in [-0.39, 0.29) is 5.91 Å². The van der Waals surface area contributed by atoms with Gasteiger partial charge in [0.1, 0.15) is 5.01 Å². The number of carbonyl (C=O) groups is 1. The summed E-state index contributed by atoms with van der Waals surface area (Å²) in [6, 6.07) is 11.9. The van der Waals surface area contributed by atoms with Gasteiger partial charge in [0.25, 0.3) is 5.91 Å². The molecule has 1 fully saturated rings. The second-order valence-electron chi connectivity index (χ2n) is 7.30. The summed E-state index contributed by atoms with van der Waals surface area (Å²) in [6.07, 6.45) is 1.65. The lowest BCUT2D eigenvalue weighted by atomic mass is 10.2. The van der Waals surface area contributed by atoms with E-state index in [4.69, 9.17) is 4.98 Å². The number of aryl methyl sites for hydroxylation is 1. The average Bonchev–Trinajstić information content (AvgIpc) is 3.38. The van der Waals surface area contributed by atoms with Gasteiger partial charge in [-0.15, -0.1) is 10.2 Å². The molecule has 4 heterocycles. The average molecular weight is 420 g/mol. The van der Waals surface area contributed by atoms with Gasteiger partial charge in [-0.25, -0.2) is 9.67 Å². The van der Waals surface area contributed by atoms with Gasteiger partial charge in [0.15, 0.2) is 5.82 Å². The molecule has 4 aromatic rings. The number of para-hydroxylation sites is 1. The lowest BCUT2D eigenvalue weighted by Crippen LogP contribution is -2.48. The lowest BCUT2D eigenvalue weighted by Gasteiger charge is -2.34. The van der Waals surface area contributed by atoms with Crippen LogP contribution in [0, 0.1) is 13.8 Å². The number of carbonyl (C=O) groups excluding carboxylic acids is 1. The third kappa shape index (κ3) is 3.30.